The third kappa shape index (κ3) is 4.22. The van der Waals surface area contributed by atoms with E-state index in [1.54, 1.807) is 24.3 Å². The van der Waals surface area contributed by atoms with E-state index in [4.69, 9.17) is 11.6 Å². The van der Waals surface area contributed by atoms with Gasteiger partial charge in [0.05, 0.1) is 6.21 Å². The number of benzene rings is 2. The van der Waals surface area contributed by atoms with Gasteiger partial charge in [0.15, 0.2) is 0 Å². The minimum absolute atomic E-state index is 0.138. The maximum atomic E-state index is 12.9. The Labute approximate surface area is 152 Å². The molecule has 0 spiro atoms. The smallest absolute Gasteiger partial charge is 0.320 e. The topological polar surface area (TPSA) is 92.1 Å². The fourth-order valence-corrected chi connectivity index (χ4v) is 2.18. The van der Waals surface area contributed by atoms with E-state index in [1.165, 1.54) is 30.5 Å². The highest BCUT2D eigenvalue weighted by molar-refractivity contribution is 6.30. The van der Waals surface area contributed by atoms with E-state index in [0.29, 0.717) is 10.6 Å². The van der Waals surface area contributed by atoms with E-state index in [1.807, 2.05) is 0 Å². The number of rotatable bonds is 5. The van der Waals surface area contributed by atoms with Gasteiger partial charge in [-0.15, -0.1) is 9.89 Å². The molecule has 0 saturated carbocycles. The van der Waals surface area contributed by atoms with Gasteiger partial charge in [-0.25, -0.2) is 4.39 Å². The number of aromatic nitrogens is 3. The molecular formula is C17H13ClFN5O2. The molecule has 3 aromatic rings. The second kappa shape index (κ2) is 7.75. The summed E-state index contributed by atoms with van der Waals surface area (Å²) in [6.07, 6.45) is 1.43. The van der Waals surface area contributed by atoms with Gasteiger partial charge < -0.3 is 5.32 Å². The highest BCUT2D eigenvalue weighted by Gasteiger charge is 2.16. The summed E-state index contributed by atoms with van der Waals surface area (Å²) >= 11 is 5.80. The molecule has 3 rings (SSSR count). The molecule has 0 unspecified atom stereocenters. The first kappa shape index (κ1) is 17.6. The van der Waals surface area contributed by atoms with E-state index >= 15 is 0 Å². The zero-order valence-electron chi connectivity index (χ0n) is 13.3. The summed E-state index contributed by atoms with van der Waals surface area (Å²) < 4.78 is 12.9. The monoisotopic (exact) mass is 373 g/mol. The maximum Gasteiger partial charge on any atom is 0.320 e. The lowest BCUT2D eigenvalue weighted by Gasteiger charge is -2.02. The predicted molar refractivity (Wildman–Crippen MR) is 94.9 cm³/mol. The molecular weight excluding hydrogens is 361 g/mol. The number of nitrogens with one attached hydrogen (secondary N) is 2. The average Bonchev–Trinajstić information content (AvgIpc) is 3.01. The Morgan fingerprint density at radius 2 is 1.92 bits per heavy atom. The zero-order chi connectivity index (χ0) is 18.5. The first-order chi connectivity index (χ1) is 12.5. The van der Waals surface area contributed by atoms with Crippen LogP contribution in [0.1, 0.15) is 21.6 Å². The van der Waals surface area contributed by atoms with Gasteiger partial charge in [0.2, 0.25) is 5.69 Å². The summed E-state index contributed by atoms with van der Waals surface area (Å²) in [5.41, 5.74) is 0.404. The summed E-state index contributed by atoms with van der Waals surface area (Å²) in [6.45, 7) is 0.138. The molecule has 1 heterocycles. The van der Waals surface area contributed by atoms with Crippen LogP contribution in [0.25, 0.3) is 0 Å². The van der Waals surface area contributed by atoms with Crippen LogP contribution >= 0.6 is 11.6 Å². The van der Waals surface area contributed by atoms with Crippen molar-refractivity contribution in [1.82, 2.24) is 20.4 Å². The lowest BCUT2D eigenvalue weighted by molar-refractivity contribution is 0.0944. The Morgan fingerprint density at radius 3 is 2.62 bits per heavy atom. The van der Waals surface area contributed by atoms with Crippen molar-refractivity contribution in [3.05, 3.63) is 86.5 Å². The Bertz CT molecular complexity index is 993. The van der Waals surface area contributed by atoms with Crippen LogP contribution in [0.4, 0.5) is 4.39 Å². The number of amides is 1. The summed E-state index contributed by atoms with van der Waals surface area (Å²) in [5.74, 6) is -1.02. The van der Waals surface area contributed by atoms with Crippen LogP contribution in [0.3, 0.4) is 0 Å². The first-order valence-corrected chi connectivity index (χ1v) is 7.91. The number of carbonyl (C=O) groups is 1. The molecule has 0 fully saturated rings. The number of hydrogen-bond donors (Lipinski definition) is 2. The molecule has 1 amide bonds. The van der Waals surface area contributed by atoms with Gasteiger partial charge in [-0.1, -0.05) is 35.9 Å². The Kier molecular flexibility index (Phi) is 5.23. The van der Waals surface area contributed by atoms with E-state index in [0.717, 1.165) is 10.4 Å². The van der Waals surface area contributed by atoms with Crippen LogP contribution in [0.15, 0.2) is 58.4 Å². The van der Waals surface area contributed by atoms with Gasteiger partial charge in [0.25, 0.3) is 5.91 Å². The molecule has 0 aliphatic carbocycles. The van der Waals surface area contributed by atoms with Crippen LogP contribution < -0.4 is 10.9 Å². The summed E-state index contributed by atoms with van der Waals surface area (Å²) in [5, 5.41) is 13.1. The van der Waals surface area contributed by atoms with Crippen molar-refractivity contribution in [2.45, 2.75) is 6.54 Å². The normalized spacial score (nSPS) is 11.0. The molecule has 26 heavy (non-hydrogen) atoms. The van der Waals surface area contributed by atoms with Gasteiger partial charge in [-0.3, -0.25) is 9.59 Å². The van der Waals surface area contributed by atoms with Crippen LogP contribution in [-0.2, 0) is 6.54 Å². The Balaban J connectivity index is 1.67. The average molecular weight is 374 g/mol. The summed E-state index contributed by atoms with van der Waals surface area (Å²) in [7, 11) is 0. The fourth-order valence-electron chi connectivity index (χ4n) is 2.06. The van der Waals surface area contributed by atoms with Crippen LogP contribution in [0, 0.1) is 5.82 Å². The van der Waals surface area contributed by atoms with Crippen molar-refractivity contribution in [2.75, 3.05) is 0 Å². The van der Waals surface area contributed by atoms with Crippen molar-refractivity contribution < 1.29 is 9.18 Å². The molecule has 2 aromatic carbocycles. The van der Waals surface area contributed by atoms with Crippen molar-refractivity contribution in [1.29, 1.82) is 0 Å². The van der Waals surface area contributed by atoms with Gasteiger partial charge >= 0.3 is 5.56 Å². The molecule has 9 heteroatoms. The number of hydrogen-bond acceptors (Lipinski definition) is 4. The fraction of sp³-hybridized carbons (Fsp3) is 0.0588. The number of H-pyrrole nitrogens is 1. The third-order valence-electron chi connectivity index (χ3n) is 3.43. The summed E-state index contributed by atoms with van der Waals surface area (Å²) in [4.78, 5) is 25.1. The SMILES string of the molecule is O=C(NCc1ccc(F)cc1)c1n[nH]n(N=Cc2ccc(Cl)cc2)c1=O. The van der Waals surface area contributed by atoms with Crippen LogP contribution in [-0.4, -0.2) is 27.2 Å². The molecule has 0 aliphatic heterocycles. The standard InChI is InChI=1S/C17H13ClFN5O2/c18-13-5-1-12(2-6-13)10-21-24-17(26)15(22-23-24)16(25)20-9-11-3-7-14(19)8-4-11/h1-8,10,23H,9H2,(H,20,25). The van der Waals surface area contributed by atoms with E-state index in [-0.39, 0.29) is 18.1 Å². The maximum absolute atomic E-state index is 12.9. The number of carbonyl (C=O) groups excluding carboxylic acids is 1. The van der Waals surface area contributed by atoms with Gasteiger partial charge in [0, 0.05) is 11.6 Å². The zero-order valence-corrected chi connectivity index (χ0v) is 14.1. The Morgan fingerprint density at radius 1 is 1.23 bits per heavy atom. The summed E-state index contributed by atoms with van der Waals surface area (Å²) in [6, 6.07) is 12.5. The van der Waals surface area contributed by atoms with E-state index in [2.05, 4.69) is 20.7 Å². The van der Waals surface area contributed by atoms with Crippen molar-refractivity contribution in [3.8, 4) is 0 Å². The largest absolute Gasteiger partial charge is 0.346 e. The number of halogens is 2. The van der Waals surface area contributed by atoms with Gasteiger partial charge in [0.1, 0.15) is 5.82 Å². The molecule has 0 saturated heterocycles. The van der Waals surface area contributed by atoms with Crippen molar-refractivity contribution >= 4 is 23.7 Å². The molecule has 132 valence electrons. The highest BCUT2D eigenvalue weighted by atomic mass is 35.5. The van der Waals surface area contributed by atoms with Gasteiger partial charge in [-0.05, 0) is 35.4 Å². The number of aromatic amines is 1. The lowest BCUT2D eigenvalue weighted by atomic mass is 10.2. The second-order valence-electron chi connectivity index (χ2n) is 5.28. The quantitative estimate of drug-likeness (QED) is 0.671. The van der Waals surface area contributed by atoms with Crippen LogP contribution in [0.2, 0.25) is 5.02 Å². The second-order valence-corrected chi connectivity index (χ2v) is 5.72. The molecule has 7 nitrogen and oxygen atoms in total. The molecule has 0 aliphatic rings. The molecule has 0 bridgehead atoms. The van der Waals surface area contributed by atoms with Crippen LogP contribution in [0.5, 0.6) is 0 Å². The van der Waals surface area contributed by atoms with Gasteiger partial charge in [-0.2, -0.15) is 10.3 Å². The van der Waals surface area contributed by atoms with Crippen molar-refractivity contribution in [2.24, 2.45) is 5.10 Å². The predicted octanol–water partition coefficient (Wildman–Crippen LogP) is 2.18. The van der Waals surface area contributed by atoms with E-state index in [9.17, 15) is 14.0 Å². The molecule has 0 radical (unpaired) electrons. The Hall–Kier alpha value is -3.26. The molecule has 1 aromatic heterocycles. The van der Waals surface area contributed by atoms with E-state index < -0.39 is 11.5 Å². The third-order valence-corrected chi connectivity index (χ3v) is 3.68. The minimum atomic E-state index is -0.688. The first-order valence-electron chi connectivity index (χ1n) is 7.53. The number of nitrogens with zero attached hydrogens (tertiary/aromatic N) is 3. The van der Waals surface area contributed by atoms with Crippen molar-refractivity contribution in [3.63, 3.8) is 0 Å². The minimum Gasteiger partial charge on any atom is -0.346 e. The highest BCUT2D eigenvalue weighted by Crippen LogP contribution is 2.07. The molecule has 0 atom stereocenters. The lowest BCUT2D eigenvalue weighted by Crippen LogP contribution is -2.29. The molecule has 2 N–H and O–H groups in total.